The summed E-state index contributed by atoms with van der Waals surface area (Å²) in [7, 11) is 0. The number of aromatic nitrogens is 2. The second-order valence-electron chi connectivity index (χ2n) is 4.50. The van der Waals surface area contributed by atoms with Crippen molar-refractivity contribution in [3.05, 3.63) is 24.3 Å². The van der Waals surface area contributed by atoms with Gasteiger partial charge < -0.3 is 0 Å². The van der Waals surface area contributed by atoms with Crippen LogP contribution in [0, 0.1) is 5.92 Å². The third kappa shape index (κ3) is 2.77. The summed E-state index contributed by atoms with van der Waals surface area (Å²) in [5, 5.41) is 0. The van der Waals surface area contributed by atoms with Crippen LogP contribution in [-0.2, 0) is 0 Å². The maximum absolute atomic E-state index is 5.66. The Hall–Kier alpha value is -1.00. The Labute approximate surface area is 96.6 Å². The van der Waals surface area contributed by atoms with E-state index in [1.807, 2.05) is 6.07 Å². The van der Waals surface area contributed by atoms with Crippen molar-refractivity contribution in [2.75, 3.05) is 0 Å². The van der Waals surface area contributed by atoms with Crippen LogP contribution in [0.5, 0.6) is 0 Å². The highest BCUT2D eigenvalue weighted by atomic mass is 15.2. The van der Waals surface area contributed by atoms with Crippen molar-refractivity contribution in [3.8, 4) is 0 Å². The van der Waals surface area contributed by atoms with Gasteiger partial charge in [0.1, 0.15) is 5.82 Å². The quantitative estimate of drug-likeness (QED) is 0.464. The lowest BCUT2D eigenvalue weighted by atomic mass is 9.91. The van der Waals surface area contributed by atoms with Gasteiger partial charge in [0, 0.05) is 12.4 Å². The van der Waals surface area contributed by atoms with Gasteiger partial charge in [0.2, 0.25) is 0 Å². The molecule has 88 valence electrons. The van der Waals surface area contributed by atoms with Crippen LogP contribution in [0.3, 0.4) is 0 Å². The molecule has 1 aromatic rings. The second kappa shape index (κ2) is 5.92. The van der Waals surface area contributed by atoms with E-state index in [0.717, 1.165) is 5.82 Å². The zero-order valence-electron chi connectivity index (χ0n) is 9.60. The number of rotatable bonds is 3. The lowest BCUT2D eigenvalue weighted by Gasteiger charge is -2.23. The van der Waals surface area contributed by atoms with E-state index in [1.54, 1.807) is 12.4 Å². The molecule has 1 atom stereocenters. The molecule has 0 radical (unpaired) electrons. The first-order chi connectivity index (χ1) is 7.92. The van der Waals surface area contributed by atoms with E-state index in [9.17, 15) is 0 Å². The van der Waals surface area contributed by atoms with Gasteiger partial charge in [-0.2, -0.15) is 0 Å². The zero-order valence-corrected chi connectivity index (χ0v) is 9.60. The first-order valence-corrected chi connectivity index (χ1v) is 6.15. The first-order valence-electron chi connectivity index (χ1n) is 6.15. The van der Waals surface area contributed by atoms with Crippen molar-refractivity contribution in [3.63, 3.8) is 0 Å². The molecule has 1 fully saturated rings. The number of nitrogens with two attached hydrogens (primary N) is 1. The normalized spacial score (nSPS) is 20.3. The minimum atomic E-state index is 0.110. The molecule has 1 aliphatic carbocycles. The Kier molecular flexibility index (Phi) is 4.25. The van der Waals surface area contributed by atoms with Crippen LogP contribution in [0.2, 0.25) is 0 Å². The van der Waals surface area contributed by atoms with Crippen LogP contribution in [0.1, 0.15) is 50.4 Å². The lowest BCUT2D eigenvalue weighted by Crippen LogP contribution is -2.34. The summed E-state index contributed by atoms with van der Waals surface area (Å²) in [5.41, 5.74) is 2.89. The predicted octanol–water partition coefficient (Wildman–Crippen LogP) is 1.95. The number of hydrazine groups is 1. The standard InChI is InChI=1S/C12H20N4/c13-16-11(12-14-8-5-9-15-12)10-6-3-1-2-4-7-10/h5,8-11,16H,1-4,6-7,13H2. The van der Waals surface area contributed by atoms with Gasteiger partial charge in [-0.3, -0.25) is 5.84 Å². The highest BCUT2D eigenvalue weighted by Crippen LogP contribution is 2.31. The molecule has 0 saturated heterocycles. The number of hydrogen-bond donors (Lipinski definition) is 2. The van der Waals surface area contributed by atoms with E-state index in [1.165, 1.54) is 38.5 Å². The molecule has 1 heterocycles. The van der Waals surface area contributed by atoms with Crippen molar-refractivity contribution in [1.29, 1.82) is 0 Å². The zero-order chi connectivity index (χ0) is 11.2. The Morgan fingerprint density at radius 3 is 2.31 bits per heavy atom. The molecule has 1 aliphatic rings. The third-order valence-corrected chi connectivity index (χ3v) is 3.41. The van der Waals surface area contributed by atoms with Crippen LogP contribution in [0.4, 0.5) is 0 Å². The summed E-state index contributed by atoms with van der Waals surface area (Å²) >= 11 is 0. The molecule has 4 heteroatoms. The molecule has 1 unspecified atom stereocenters. The molecule has 0 bridgehead atoms. The van der Waals surface area contributed by atoms with Gasteiger partial charge in [-0.15, -0.1) is 0 Å². The van der Waals surface area contributed by atoms with Crippen LogP contribution < -0.4 is 11.3 Å². The maximum atomic E-state index is 5.66. The molecule has 0 spiro atoms. The monoisotopic (exact) mass is 220 g/mol. The van der Waals surface area contributed by atoms with Gasteiger partial charge in [0.15, 0.2) is 0 Å². The van der Waals surface area contributed by atoms with Gasteiger partial charge in [-0.1, -0.05) is 25.7 Å². The molecular formula is C12H20N4. The molecule has 3 N–H and O–H groups in total. The molecule has 0 amide bonds. The highest BCUT2D eigenvalue weighted by Gasteiger charge is 2.24. The Morgan fingerprint density at radius 1 is 1.12 bits per heavy atom. The summed E-state index contributed by atoms with van der Waals surface area (Å²) in [4.78, 5) is 8.60. The van der Waals surface area contributed by atoms with Crippen molar-refractivity contribution in [1.82, 2.24) is 15.4 Å². The van der Waals surface area contributed by atoms with E-state index in [0.29, 0.717) is 5.92 Å². The second-order valence-corrected chi connectivity index (χ2v) is 4.50. The van der Waals surface area contributed by atoms with Crippen LogP contribution >= 0.6 is 0 Å². The largest absolute Gasteiger partial charge is 0.271 e. The van der Waals surface area contributed by atoms with E-state index in [-0.39, 0.29) is 6.04 Å². The molecule has 4 nitrogen and oxygen atoms in total. The summed E-state index contributed by atoms with van der Waals surface area (Å²) in [6.45, 7) is 0. The third-order valence-electron chi connectivity index (χ3n) is 3.41. The maximum Gasteiger partial charge on any atom is 0.146 e. The SMILES string of the molecule is NNC(c1ncccn1)C1CCCCCC1. The minimum Gasteiger partial charge on any atom is -0.271 e. The number of nitrogens with zero attached hydrogens (tertiary/aromatic N) is 2. The molecule has 2 rings (SSSR count). The summed E-state index contributed by atoms with van der Waals surface area (Å²) in [6, 6.07) is 1.95. The van der Waals surface area contributed by atoms with Gasteiger partial charge in [-0.05, 0) is 24.8 Å². The topological polar surface area (TPSA) is 63.8 Å². The molecule has 16 heavy (non-hydrogen) atoms. The van der Waals surface area contributed by atoms with Crippen LogP contribution in [0.25, 0.3) is 0 Å². The van der Waals surface area contributed by atoms with Gasteiger partial charge in [0.05, 0.1) is 6.04 Å². The molecule has 0 aliphatic heterocycles. The van der Waals surface area contributed by atoms with Gasteiger partial charge >= 0.3 is 0 Å². The smallest absolute Gasteiger partial charge is 0.146 e. The Morgan fingerprint density at radius 2 is 1.75 bits per heavy atom. The Balaban J connectivity index is 2.09. The van der Waals surface area contributed by atoms with E-state index >= 15 is 0 Å². The first kappa shape index (κ1) is 11.5. The minimum absolute atomic E-state index is 0.110. The van der Waals surface area contributed by atoms with Gasteiger partial charge in [-0.25, -0.2) is 15.4 Å². The average molecular weight is 220 g/mol. The highest BCUT2D eigenvalue weighted by molar-refractivity contribution is 4.98. The molecular weight excluding hydrogens is 200 g/mol. The van der Waals surface area contributed by atoms with E-state index in [4.69, 9.17) is 5.84 Å². The summed E-state index contributed by atoms with van der Waals surface area (Å²) < 4.78 is 0. The fourth-order valence-electron chi connectivity index (χ4n) is 2.54. The predicted molar refractivity (Wildman–Crippen MR) is 63.3 cm³/mol. The number of nitrogens with one attached hydrogen (secondary N) is 1. The summed E-state index contributed by atoms with van der Waals surface area (Å²) in [6.07, 6.45) is 11.3. The van der Waals surface area contributed by atoms with Crippen molar-refractivity contribution in [2.24, 2.45) is 11.8 Å². The van der Waals surface area contributed by atoms with Crippen molar-refractivity contribution >= 4 is 0 Å². The Bertz CT molecular complexity index is 293. The van der Waals surface area contributed by atoms with Crippen molar-refractivity contribution in [2.45, 2.75) is 44.6 Å². The molecule has 1 saturated carbocycles. The lowest BCUT2D eigenvalue weighted by molar-refractivity contribution is 0.317. The van der Waals surface area contributed by atoms with E-state index in [2.05, 4.69) is 15.4 Å². The average Bonchev–Trinajstić information content (AvgIpc) is 2.61. The van der Waals surface area contributed by atoms with Crippen LogP contribution in [-0.4, -0.2) is 9.97 Å². The van der Waals surface area contributed by atoms with Crippen molar-refractivity contribution < 1.29 is 0 Å². The molecule has 1 aromatic heterocycles. The van der Waals surface area contributed by atoms with Gasteiger partial charge in [0.25, 0.3) is 0 Å². The molecule has 0 aromatic carbocycles. The fraction of sp³-hybridized carbons (Fsp3) is 0.667. The number of hydrogen-bond acceptors (Lipinski definition) is 4. The fourth-order valence-corrected chi connectivity index (χ4v) is 2.54. The van der Waals surface area contributed by atoms with E-state index < -0.39 is 0 Å². The van der Waals surface area contributed by atoms with Crippen LogP contribution in [0.15, 0.2) is 18.5 Å². The summed E-state index contributed by atoms with van der Waals surface area (Å²) in [5.74, 6) is 7.07.